The third-order valence-corrected chi connectivity index (χ3v) is 8.37. The average molecular weight is 489 g/mol. The number of sulfone groups is 1. The highest BCUT2D eigenvalue weighted by molar-refractivity contribution is 7.91. The zero-order valence-corrected chi connectivity index (χ0v) is 19.6. The van der Waals surface area contributed by atoms with Crippen LogP contribution in [-0.2, 0) is 9.84 Å². The molecule has 0 bridgehead atoms. The summed E-state index contributed by atoms with van der Waals surface area (Å²) in [5.74, 6) is -1.02. The van der Waals surface area contributed by atoms with Crippen LogP contribution in [0.5, 0.6) is 0 Å². The number of H-pyrrole nitrogens is 1. The van der Waals surface area contributed by atoms with Crippen LogP contribution < -0.4 is 10.2 Å². The molecule has 5 rings (SSSR count). The first-order valence-electron chi connectivity index (χ1n) is 11.3. The molecule has 1 atom stereocenters. The zero-order valence-electron chi connectivity index (χ0n) is 18.8. The molecule has 2 aliphatic heterocycles. The van der Waals surface area contributed by atoms with Crippen molar-refractivity contribution in [3.63, 3.8) is 0 Å². The molecule has 0 spiro atoms. The number of hydrogen-bond acceptors (Lipinski definition) is 5. The fourth-order valence-electron chi connectivity index (χ4n) is 4.84. The van der Waals surface area contributed by atoms with Gasteiger partial charge in [-0.15, -0.1) is 0 Å². The van der Waals surface area contributed by atoms with E-state index in [0.717, 1.165) is 12.0 Å². The predicted octanol–water partition coefficient (Wildman–Crippen LogP) is 3.32. The van der Waals surface area contributed by atoms with Crippen LogP contribution in [-0.4, -0.2) is 67.9 Å². The molecule has 2 saturated heterocycles. The summed E-state index contributed by atoms with van der Waals surface area (Å²) in [6.45, 7) is 4.25. The number of rotatable bonds is 4. The number of benzene rings is 2. The Balaban J connectivity index is 1.30. The van der Waals surface area contributed by atoms with Gasteiger partial charge >= 0.3 is 0 Å². The van der Waals surface area contributed by atoms with E-state index in [1.807, 2.05) is 11.8 Å². The molecule has 7 nitrogen and oxygen atoms in total. The molecule has 1 aromatic heterocycles. The number of halogens is 2. The van der Waals surface area contributed by atoms with E-state index in [4.69, 9.17) is 0 Å². The molecular formula is C24H26F2N4O3S. The summed E-state index contributed by atoms with van der Waals surface area (Å²) >= 11 is 0. The maximum Gasteiger partial charge on any atom is 0.272 e. The molecule has 34 heavy (non-hydrogen) atoms. The van der Waals surface area contributed by atoms with Gasteiger partial charge in [-0.1, -0.05) is 6.07 Å². The van der Waals surface area contributed by atoms with Crippen LogP contribution in [0.4, 0.5) is 20.2 Å². The minimum Gasteiger partial charge on any atom is -0.370 e. The molecule has 1 amide bonds. The van der Waals surface area contributed by atoms with Gasteiger partial charge in [0.05, 0.1) is 17.0 Å². The van der Waals surface area contributed by atoms with Gasteiger partial charge in [-0.2, -0.15) is 0 Å². The Hall–Kier alpha value is -2.98. The minimum absolute atomic E-state index is 0.177. The monoisotopic (exact) mass is 488 g/mol. The summed E-state index contributed by atoms with van der Waals surface area (Å²) in [7, 11) is -2.94. The van der Waals surface area contributed by atoms with Crippen molar-refractivity contribution in [2.45, 2.75) is 19.4 Å². The molecule has 2 N–H and O–H groups in total. The highest BCUT2D eigenvalue weighted by atomic mass is 32.2. The van der Waals surface area contributed by atoms with Gasteiger partial charge in [-0.25, -0.2) is 17.2 Å². The Labute approximate surface area is 196 Å². The molecule has 0 unspecified atom stereocenters. The normalized spacial score (nSPS) is 20.7. The van der Waals surface area contributed by atoms with E-state index in [-0.39, 0.29) is 23.2 Å². The quantitative estimate of drug-likeness (QED) is 0.589. The van der Waals surface area contributed by atoms with Crippen LogP contribution in [0.15, 0.2) is 36.4 Å². The molecule has 0 radical (unpaired) electrons. The molecule has 3 aromatic rings. The highest BCUT2D eigenvalue weighted by Gasteiger charge is 2.32. The number of aryl methyl sites for hydroxylation is 1. The maximum atomic E-state index is 14.4. The highest BCUT2D eigenvalue weighted by Crippen LogP contribution is 2.28. The minimum atomic E-state index is -2.94. The fourth-order valence-corrected chi connectivity index (χ4v) is 6.07. The Morgan fingerprint density at radius 3 is 2.59 bits per heavy atom. The summed E-state index contributed by atoms with van der Waals surface area (Å²) < 4.78 is 52.0. The van der Waals surface area contributed by atoms with Crippen molar-refractivity contribution in [2.24, 2.45) is 0 Å². The fraction of sp³-hybridized carbons (Fsp3) is 0.375. The van der Waals surface area contributed by atoms with Crippen molar-refractivity contribution >= 4 is 38.0 Å². The first-order chi connectivity index (χ1) is 16.2. The topological polar surface area (TPSA) is 85.5 Å². The lowest BCUT2D eigenvalue weighted by Gasteiger charge is -2.32. The van der Waals surface area contributed by atoms with Crippen molar-refractivity contribution in [1.29, 1.82) is 0 Å². The van der Waals surface area contributed by atoms with Gasteiger partial charge in [0.2, 0.25) is 0 Å². The third kappa shape index (κ3) is 4.52. The number of carbonyl (C=O) groups is 1. The van der Waals surface area contributed by atoms with Gasteiger partial charge in [0.1, 0.15) is 17.3 Å². The lowest BCUT2D eigenvalue weighted by molar-refractivity contribution is 0.102. The van der Waals surface area contributed by atoms with Gasteiger partial charge in [0, 0.05) is 49.0 Å². The number of amides is 1. The molecule has 0 aliphatic carbocycles. The summed E-state index contributed by atoms with van der Waals surface area (Å²) in [5, 5.41) is 3.04. The predicted molar refractivity (Wildman–Crippen MR) is 128 cm³/mol. The molecule has 10 heteroatoms. The van der Waals surface area contributed by atoms with Crippen LogP contribution >= 0.6 is 0 Å². The van der Waals surface area contributed by atoms with E-state index < -0.39 is 27.4 Å². The van der Waals surface area contributed by atoms with Gasteiger partial charge in [0.25, 0.3) is 5.91 Å². The zero-order chi connectivity index (χ0) is 24.0. The van der Waals surface area contributed by atoms with Crippen LogP contribution in [0.25, 0.3) is 10.9 Å². The van der Waals surface area contributed by atoms with Crippen LogP contribution in [0.1, 0.15) is 22.5 Å². The van der Waals surface area contributed by atoms with E-state index in [2.05, 4.69) is 15.2 Å². The maximum absolute atomic E-state index is 14.4. The average Bonchev–Trinajstić information content (AvgIpc) is 3.45. The lowest BCUT2D eigenvalue weighted by atomic mass is 10.1. The standard InChI is InChI=1S/C24H26F2N4O3S/c1-15-2-3-21(26)20-13-22(28-23(15)20)24(31)27-17-10-16(25)11-19(12-17)30-5-4-18(14-30)29-6-8-34(32,33)9-7-29/h2-3,10-13,18,28H,4-9,14H2,1H3,(H,27,31)/t18-/m0/s1. The number of nitrogens with one attached hydrogen (secondary N) is 2. The molecule has 2 aromatic carbocycles. The number of nitrogens with zero attached hydrogens (tertiary/aromatic N) is 2. The number of carbonyl (C=O) groups excluding carboxylic acids is 1. The van der Waals surface area contributed by atoms with Crippen molar-refractivity contribution in [3.8, 4) is 0 Å². The Bertz CT molecular complexity index is 1320. The summed E-state index contributed by atoms with van der Waals surface area (Å²) in [6.07, 6.45) is 0.859. The van der Waals surface area contributed by atoms with E-state index in [0.29, 0.717) is 48.5 Å². The van der Waals surface area contributed by atoms with Crippen LogP contribution in [0.2, 0.25) is 0 Å². The van der Waals surface area contributed by atoms with Gasteiger partial charge < -0.3 is 15.2 Å². The molecular weight excluding hydrogens is 462 g/mol. The lowest BCUT2D eigenvalue weighted by Crippen LogP contribution is -2.47. The molecule has 2 aliphatic rings. The first kappa shape index (κ1) is 22.8. The largest absolute Gasteiger partial charge is 0.370 e. The van der Waals surface area contributed by atoms with Crippen molar-refractivity contribution in [3.05, 3.63) is 59.3 Å². The van der Waals surface area contributed by atoms with Crippen LogP contribution in [0.3, 0.4) is 0 Å². The van der Waals surface area contributed by atoms with Gasteiger partial charge in [-0.3, -0.25) is 9.69 Å². The number of aromatic amines is 1. The Morgan fingerprint density at radius 2 is 1.85 bits per heavy atom. The number of fused-ring (bicyclic) bond motifs is 1. The van der Waals surface area contributed by atoms with E-state index in [1.165, 1.54) is 24.3 Å². The van der Waals surface area contributed by atoms with Gasteiger partial charge in [0.15, 0.2) is 9.84 Å². The Kier molecular flexibility index (Phi) is 5.81. The number of anilines is 2. The Morgan fingerprint density at radius 1 is 1.09 bits per heavy atom. The second kappa shape index (κ2) is 8.66. The van der Waals surface area contributed by atoms with E-state index in [1.54, 1.807) is 12.1 Å². The number of hydrogen-bond donors (Lipinski definition) is 2. The molecule has 2 fully saturated rings. The smallest absolute Gasteiger partial charge is 0.272 e. The van der Waals surface area contributed by atoms with E-state index >= 15 is 0 Å². The van der Waals surface area contributed by atoms with Crippen LogP contribution in [0, 0.1) is 18.6 Å². The number of aromatic nitrogens is 1. The first-order valence-corrected chi connectivity index (χ1v) is 13.1. The SMILES string of the molecule is Cc1ccc(F)c2cc(C(=O)Nc3cc(F)cc(N4CC[C@H](N5CCS(=O)(=O)CC5)C4)c3)[nH]c12. The third-order valence-electron chi connectivity index (χ3n) is 6.76. The molecule has 180 valence electrons. The summed E-state index contributed by atoms with van der Waals surface area (Å²) in [6, 6.07) is 9.06. The molecule has 3 heterocycles. The van der Waals surface area contributed by atoms with Crippen molar-refractivity contribution in [1.82, 2.24) is 9.88 Å². The van der Waals surface area contributed by atoms with E-state index in [9.17, 15) is 22.0 Å². The second-order valence-electron chi connectivity index (χ2n) is 9.06. The molecule has 0 saturated carbocycles. The summed E-state index contributed by atoms with van der Waals surface area (Å²) in [5.41, 5.74) is 2.52. The van der Waals surface area contributed by atoms with Gasteiger partial charge in [-0.05, 0) is 49.2 Å². The van der Waals surface area contributed by atoms with Crippen molar-refractivity contribution < 1.29 is 22.0 Å². The second-order valence-corrected chi connectivity index (χ2v) is 11.4. The van der Waals surface area contributed by atoms with Crippen molar-refractivity contribution in [2.75, 3.05) is 47.9 Å². The summed E-state index contributed by atoms with van der Waals surface area (Å²) in [4.78, 5) is 20.0.